The van der Waals surface area contributed by atoms with E-state index in [0.29, 0.717) is 19.0 Å². The van der Waals surface area contributed by atoms with Crippen LogP contribution in [0.1, 0.15) is 36.0 Å². The predicted octanol–water partition coefficient (Wildman–Crippen LogP) is 4.32. The molecule has 1 saturated heterocycles. The largest absolute Gasteiger partial charge is 0.335 e. The number of nitrogens with one attached hydrogen (secondary N) is 1. The molecule has 0 bridgehead atoms. The van der Waals surface area contributed by atoms with E-state index in [2.05, 4.69) is 36.5 Å². The number of hydrogen-bond acceptors (Lipinski definition) is 2. The first-order chi connectivity index (χ1) is 12.1. The fraction of sp³-hybridized carbons (Fsp3) is 0.381. The summed E-state index contributed by atoms with van der Waals surface area (Å²) in [4.78, 5) is 14.3. The first-order valence-corrected chi connectivity index (χ1v) is 9.30. The summed E-state index contributed by atoms with van der Waals surface area (Å²) < 4.78 is 0. The van der Waals surface area contributed by atoms with E-state index < -0.39 is 0 Å². The van der Waals surface area contributed by atoms with Crippen LogP contribution in [0.3, 0.4) is 0 Å². The Balaban J connectivity index is 1.51. The summed E-state index contributed by atoms with van der Waals surface area (Å²) in [6, 6.07) is 16.6. The molecule has 132 valence electrons. The molecule has 1 aliphatic heterocycles. The van der Waals surface area contributed by atoms with Crippen molar-refractivity contribution in [2.45, 2.75) is 45.3 Å². The second-order valence-corrected chi connectivity index (χ2v) is 7.17. The van der Waals surface area contributed by atoms with Crippen molar-refractivity contribution in [1.82, 2.24) is 10.2 Å². The maximum Gasteiger partial charge on any atom is 0.223 e. The highest BCUT2D eigenvalue weighted by Gasteiger charge is 2.30. The normalized spacial score (nSPS) is 17.3. The van der Waals surface area contributed by atoms with Gasteiger partial charge in [-0.25, -0.2) is 0 Å². The first-order valence-electron chi connectivity index (χ1n) is 8.92. The minimum absolute atomic E-state index is 0.239. The minimum Gasteiger partial charge on any atom is -0.335 e. The molecular weight excluding hydrogens is 332 g/mol. The van der Waals surface area contributed by atoms with Crippen LogP contribution in [0.4, 0.5) is 0 Å². The summed E-state index contributed by atoms with van der Waals surface area (Å²) in [6.45, 7) is 4.50. The molecule has 4 heteroatoms. The van der Waals surface area contributed by atoms with Crippen molar-refractivity contribution in [2.24, 2.45) is 0 Å². The van der Waals surface area contributed by atoms with Gasteiger partial charge in [0.05, 0.1) is 0 Å². The fourth-order valence-electron chi connectivity index (χ4n) is 3.44. The molecule has 3 nitrogen and oxygen atoms in total. The molecule has 2 aromatic carbocycles. The third-order valence-electron chi connectivity index (χ3n) is 4.82. The second kappa shape index (κ2) is 8.50. The molecule has 0 spiro atoms. The lowest BCUT2D eigenvalue weighted by Gasteiger charge is -2.25. The van der Waals surface area contributed by atoms with E-state index in [4.69, 9.17) is 11.6 Å². The van der Waals surface area contributed by atoms with Gasteiger partial charge in [-0.05, 0) is 43.5 Å². The summed E-state index contributed by atoms with van der Waals surface area (Å²) in [6.07, 6.45) is 2.56. The molecule has 0 unspecified atom stereocenters. The molecule has 1 aliphatic rings. The quantitative estimate of drug-likeness (QED) is 0.749. The van der Waals surface area contributed by atoms with Crippen LogP contribution in [-0.4, -0.2) is 23.4 Å². The van der Waals surface area contributed by atoms with Gasteiger partial charge in [-0.15, -0.1) is 0 Å². The zero-order chi connectivity index (χ0) is 17.6. The summed E-state index contributed by atoms with van der Waals surface area (Å²) in [7, 11) is 0. The maximum absolute atomic E-state index is 12.3. The van der Waals surface area contributed by atoms with Crippen molar-refractivity contribution < 1.29 is 4.79 Å². The Kier molecular flexibility index (Phi) is 6.11. The molecule has 0 saturated carbocycles. The van der Waals surface area contributed by atoms with Crippen LogP contribution < -0.4 is 5.32 Å². The van der Waals surface area contributed by atoms with Gasteiger partial charge in [0.25, 0.3) is 0 Å². The average molecular weight is 357 g/mol. The van der Waals surface area contributed by atoms with Crippen molar-refractivity contribution in [1.29, 1.82) is 0 Å². The number of halogens is 1. The molecule has 0 radical (unpaired) electrons. The summed E-state index contributed by atoms with van der Waals surface area (Å²) in [5.41, 5.74) is 3.61. The number of rotatable bonds is 7. The highest BCUT2D eigenvalue weighted by atomic mass is 35.5. The van der Waals surface area contributed by atoms with Gasteiger partial charge in [0.1, 0.15) is 0 Å². The average Bonchev–Trinajstić information content (AvgIpc) is 2.94. The number of carbonyl (C=O) groups is 1. The van der Waals surface area contributed by atoms with E-state index in [-0.39, 0.29) is 5.91 Å². The zero-order valence-electron chi connectivity index (χ0n) is 14.7. The van der Waals surface area contributed by atoms with Gasteiger partial charge >= 0.3 is 0 Å². The number of aryl methyl sites for hydroxylation is 1. The van der Waals surface area contributed by atoms with Crippen molar-refractivity contribution in [3.63, 3.8) is 0 Å². The fourth-order valence-corrected chi connectivity index (χ4v) is 3.64. The highest BCUT2D eigenvalue weighted by molar-refractivity contribution is 6.31. The lowest BCUT2D eigenvalue weighted by atomic mass is 10.1. The monoisotopic (exact) mass is 356 g/mol. The molecule has 1 fully saturated rings. The third kappa shape index (κ3) is 4.83. The lowest BCUT2D eigenvalue weighted by Crippen LogP contribution is -2.34. The van der Waals surface area contributed by atoms with Gasteiger partial charge in [0.2, 0.25) is 5.91 Å². The Hall–Kier alpha value is -1.84. The Morgan fingerprint density at radius 2 is 2.04 bits per heavy atom. The van der Waals surface area contributed by atoms with E-state index in [0.717, 1.165) is 36.5 Å². The van der Waals surface area contributed by atoms with Crippen molar-refractivity contribution in [2.75, 3.05) is 6.54 Å². The van der Waals surface area contributed by atoms with Crippen LogP contribution in [-0.2, 0) is 17.9 Å². The topological polar surface area (TPSA) is 32.3 Å². The van der Waals surface area contributed by atoms with E-state index in [1.54, 1.807) is 0 Å². The number of benzene rings is 2. The SMILES string of the molecule is Cc1cccc(CNCC[C@@H]2CCC(=O)N2Cc2ccccc2Cl)c1. The second-order valence-electron chi connectivity index (χ2n) is 6.76. The van der Waals surface area contributed by atoms with Crippen LogP contribution >= 0.6 is 11.6 Å². The van der Waals surface area contributed by atoms with Crippen molar-refractivity contribution in [3.05, 3.63) is 70.2 Å². The molecule has 3 rings (SSSR count). The smallest absolute Gasteiger partial charge is 0.223 e. The molecule has 2 aromatic rings. The third-order valence-corrected chi connectivity index (χ3v) is 5.19. The molecule has 1 amide bonds. The van der Waals surface area contributed by atoms with E-state index in [1.165, 1.54) is 11.1 Å². The molecule has 1 heterocycles. The van der Waals surface area contributed by atoms with Gasteiger partial charge in [-0.2, -0.15) is 0 Å². The predicted molar refractivity (Wildman–Crippen MR) is 103 cm³/mol. The van der Waals surface area contributed by atoms with Gasteiger partial charge in [0, 0.05) is 30.6 Å². The number of nitrogens with zero attached hydrogens (tertiary/aromatic N) is 1. The summed E-state index contributed by atoms with van der Waals surface area (Å²) in [5, 5.41) is 4.24. The summed E-state index contributed by atoms with van der Waals surface area (Å²) >= 11 is 6.26. The molecule has 1 atom stereocenters. The summed E-state index contributed by atoms with van der Waals surface area (Å²) in [5.74, 6) is 0.239. The van der Waals surface area contributed by atoms with Crippen LogP contribution in [0.2, 0.25) is 5.02 Å². The van der Waals surface area contributed by atoms with Crippen LogP contribution in [0.15, 0.2) is 48.5 Å². The van der Waals surface area contributed by atoms with Gasteiger partial charge < -0.3 is 10.2 Å². The van der Waals surface area contributed by atoms with E-state index in [9.17, 15) is 4.79 Å². The van der Waals surface area contributed by atoms with Gasteiger partial charge in [-0.1, -0.05) is 59.6 Å². The maximum atomic E-state index is 12.3. The van der Waals surface area contributed by atoms with Crippen LogP contribution in [0, 0.1) is 6.92 Å². The Morgan fingerprint density at radius 1 is 1.20 bits per heavy atom. The minimum atomic E-state index is 0.239. The van der Waals surface area contributed by atoms with Crippen molar-refractivity contribution in [3.8, 4) is 0 Å². The Morgan fingerprint density at radius 3 is 2.84 bits per heavy atom. The van der Waals surface area contributed by atoms with Crippen LogP contribution in [0.25, 0.3) is 0 Å². The molecule has 25 heavy (non-hydrogen) atoms. The van der Waals surface area contributed by atoms with Crippen molar-refractivity contribution >= 4 is 17.5 Å². The molecule has 0 aliphatic carbocycles. The number of amides is 1. The standard InChI is InChI=1S/C21H25ClN2O/c1-16-5-4-6-17(13-16)14-23-12-11-19-9-10-21(25)24(19)15-18-7-2-3-8-20(18)22/h2-8,13,19,23H,9-12,14-15H2,1H3/t19-/m0/s1. The zero-order valence-corrected chi connectivity index (χ0v) is 15.4. The molecular formula is C21H25ClN2O. The number of hydrogen-bond donors (Lipinski definition) is 1. The van der Waals surface area contributed by atoms with Gasteiger partial charge in [0.15, 0.2) is 0 Å². The first kappa shape index (κ1) is 18.0. The van der Waals surface area contributed by atoms with Crippen LogP contribution in [0.5, 0.6) is 0 Å². The molecule has 1 N–H and O–H groups in total. The lowest BCUT2D eigenvalue weighted by molar-refractivity contribution is -0.129. The van der Waals surface area contributed by atoms with E-state index in [1.807, 2.05) is 29.2 Å². The number of likely N-dealkylation sites (tertiary alicyclic amines) is 1. The highest BCUT2D eigenvalue weighted by Crippen LogP contribution is 2.26. The molecule has 0 aromatic heterocycles. The Labute approximate surface area is 155 Å². The number of carbonyl (C=O) groups excluding carboxylic acids is 1. The Bertz CT molecular complexity index is 731. The van der Waals surface area contributed by atoms with Gasteiger partial charge in [-0.3, -0.25) is 4.79 Å². The van der Waals surface area contributed by atoms with E-state index >= 15 is 0 Å².